The number of carbonyl (C=O) groups is 1. The molecule has 1 aromatic carbocycles. The summed E-state index contributed by atoms with van der Waals surface area (Å²) in [4.78, 5) is 13.7. The number of nitrogens with one attached hydrogen (secondary N) is 2. The predicted octanol–water partition coefficient (Wildman–Crippen LogP) is 1.74. The standard InChI is InChI=1S/C15H24N4O2/c1-3-19(4-2)7-5-6-17-12-9-13-14(8-11(12)16)21-10-15(20)18-13/h8-9,17H,3-7,10,16H2,1-2H3,(H,18,20). The number of carbonyl (C=O) groups excluding carboxylic acids is 1. The molecule has 1 amide bonds. The molecule has 0 spiro atoms. The van der Waals surface area contributed by atoms with E-state index in [0.29, 0.717) is 17.1 Å². The van der Waals surface area contributed by atoms with Gasteiger partial charge in [0.25, 0.3) is 5.91 Å². The SMILES string of the molecule is CCN(CC)CCCNc1cc2c(cc1N)OCC(=O)N2. The van der Waals surface area contributed by atoms with Gasteiger partial charge in [0.15, 0.2) is 6.61 Å². The first-order valence-corrected chi connectivity index (χ1v) is 7.46. The van der Waals surface area contributed by atoms with Crippen molar-refractivity contribution in [3.63, 3.8) is 0 Å². The number of anilines is 3. The van der Waals surface area contributed by atoms with E-state index in [1.807, 2.05) is 6.07 Å². The maximum Gasteiger partial charge on any atom is 0.262 e. The van der Waals surface area contributed by atoms with Crippen LogP contribution in [0.2, 0.25) is 0 Å². The molecule has 1 heterocycles. The van der Waals surface area contributed by atoms with Crippen LogP contribution in [0.3, 0.4) is 0 Å². The Hall–Kier alpha value is -1.95. The van der Waals surface area contributed by atoms with Crippen molar-refractivity contribution in [3.8, 4) is 5.75 Å². The average Bonchev–Trinajstić information content (AvgIpc) is 2.48. The second-order valence-electron chi connectivity index (χ2n) is 5.08. The van der Waals surface area contributed by atoms with Gasteiger partial charge < -0.3 is 26.0 Å². The van der Waals surface area contributed by atoms with Gasteiger partial charge in [0.1, 0.15) is 5.75 Å². The number of nitrogens with zero attached hydrogens (tertiary/aromatic N) is 1. The molecule has 4 N–H and O–H groups in total. The molecule has 1 aliphatic heterocycles. The number of rotatable bonds is 7. The maximum absolute atomic E-state index is 11.3. The Morgan fingerprint density at radius 3 is 2.86 bits per heavy atom. The lowest BCUT2D eigenvalue weighted by Crippen LogP contribution is -2.26. The van der Waals surface area contributed by atoms with Gasteiger partial charge in [-0.05, 0) is 32.1 Å². The Morgan fingerprint density at radius 1 is 1.38 bits per heavy atom. The Kier molecular flexibility index (Phi) is 5.27. The van der Waals surface area contributed by atoms with Crippen LogP contribution in [0, 0.1) is 0 Å². The van der Waals surface area contributed by atoms with Crippen molar-refractivity contribution in [2.75, 3.05) is 49.2 Å². The lowest BCUT2D eigenvalue weighted by molar-refractivity contribution is -0.118. The zero-order valence-electron chi connectivity index (χ0n) is 12.7. The van der Waals surface area contributed by atoms with Crippen LogP contribution in [-0.2, 0) is 4.79 Å². The zero-order valence-corrected chi connectivity index (χ0v) is 12.7. The van der Waals surface area contributed by atoms with Gasteiger partial charge >= 0.3 is 0 Å². The highest BCUT2D eigenvalue weighted by Crippen LogP contribution is 2.35. The monoisotopic (exact) mass is 292 g/mol. The van der Waals surface area contributed by atoms with Gasteiger partial charge in [0.2, 0.25) is 0 Å². The first kappa shape index (κ1) is 15.4. The van der Waals surface area contributed by atoms with Crippen LogP contribution in [0.4, 0.5) is 17.1 Å². The second-order valence-corrected chi connectivity index (χ2v) is 5.08. The summed E-state index contributed by atoms with van der Waals surface area (Å²) in [6, 6.07) is 3.58. The quantitative estimate of drug-likeness (QED) is 0.527. The first-order chi connectivity index (χ1) is 10.1. The summed E-state index contributed by atoms with van der Waals surface area (Å²) in [5, 5.41) is 6.11. The van der Waals surface area contributed by atoms with Crippen LogP contribution in [-0.4, -0.2) is 43.6 Å². The van der Waals surface area contributed by atoms with E-state index >= 15 is 0 Å². The van der Waals surface area contributed by atoms with E-state index in [1.54, 1.807) is 6.07 Å². The molecule has 21 heavy (non-hydrogen) atoms. The molecule has 116 valence electrons. The van der Waals surface area contributed by atoms with Gasteiger partial charge in [0.05, 0.1) is 17.1 Å². The first-order valence-electron chi connectivity index (χ1n) is 7.46. The van der Waals surface area contributed by atoms with E-state index in [2.05, 4.69) is 29.4 Å². The molecule has 0 fully saturated rings. The number of hydrogen-bond donors (Lipinski definition) is 3. The molecule has 0 bridgehead atoms. The molecule has 0 aromatic heterocycles. The third-order valence-corrected chi connectivity index (χ3v) is 3.65. The number of nitrogen functional groups attached to an aromatic ring is 1. The zero-order chi connectivity index (χ0) is 15.2. The van der Waals surface area contributed by atoms with Crippen LogP contribution in [0.25, 0.3) is 0 Å². The summed E-state index contributed by atoms with van der Waals surface area (Å²) in [5.74, 6) is 0.487. The molecule has 1 aromatic rings. The normalized spacial score (nSPS) is 13.6. The number of nitrogens with two attached hydrogens (primary N) is 1. The van der Waals surface area contributed by atoms with Gasteiger partial charge in [-0.2, -0.15) is 0 Å². The summed E-state index contributed by atoms with van der Waals surface area (Å²) >= 11 is 0. The molecule has 6 nitrogen and oxygen atoms in total. The Balaban J connectivity index is 1.91. The minimum Gasteiger partial charge on any atom is -0.482 e. The molecular formula is C15H24N4O2. The Morgan fingerprint density at radius 2 is 2.14 bits per heavy atom. The minimum absolute atomic E-state index is 0.0447. The number of hydrogen-bond acceptors (Lipinski definition) is 5. The fourth-order valence-corrected chi connectivity index (χ4v) is 2.36. The summed E-state index contributed by atoms with van der Waals surface area (Å²) in [6.45, 7) is 8.42. The fraction of sp³-hybridized carbons (Fsp3) is 0.533. The second kappa shape index (κ2) is 7.17. The third kappa shape index (κ3) is 4.01. The van der Waals surface area contributed by atoms with Crippen molar-refractivity contribution in [2.45, 2.75) is 20.3 Å². The maximum atomic E-state index is 11.3. The third-order valence-electron chi connectivity index (χ3n) is 3.65. The highest BCUT2D eigenvalue weighted by atomic mass is 16.5. The summed E-state index contributed by atoms with van der Waals surface area (Å²) in [7, 11) is 0. The Labute approximate surface area is 125 Å². The van der Waals surface area contributed by atoms with Crippen LogP contribution < -0.4 is 21.1 Å². The van der Waals surface area contributed by atoms with Gasteiger partial charge in [-0.15, -0.1) is 0 Å². The van der Waals surface area contributed by atoms with E-state index in [0.717, 1.165) is 38.3 Å². The van der Waals surface area contributed by atoms with E-state index in [9.17, 15) is 4.79 Å². The van der Waals surface area contributed by atoms with E-state index < -0.39 is 0 Å². The van der Waals surface area contributed by atoms with Crippen molar-refractivity contribution in [2.24, 2.45) is 0 Å². The Bertz CT molecular complexity index is 501. The highest BCUT2D eigenvalue weighted by molar-refractivity contribution is 5.97. The minimum atomic E-state index is -0.139. The average molecular weight is 292 g/mol. The number of benzene rings is 1. The van der Waals surface area contributed by atoms with E-state index in [-0.39, 0.29) is 12.5 Å². The molecule has 2 rings (SSSR count). The van der Waals surface area contributed by atoms with Crippen molar-refractivity contribution >= 4 is 23.0 Å². The molecule has 0 aliphatic carbocycles. The lowest BCUT2D eigenvalue weighted by Gasteiger charge is -2.21. The van der Waals surface area contributed by atoms with Crippen LogP contribution in [0.1, 0.15) is 20.3 Å². The van der Waals surface area contributed by atoms with Crippen molar-refractivity contribution in [1.29, 1.82) is 0 Å². The topological polar surface area (TPSA) is 79.6 Å². The number of amides is 1. The molecule has 0 radical (unpaired) electrons. The van der Waals surface area contributed by atoms with Crippen molar-refractivity contribution in [3.05, 3.63) is 12.1 Å². The predicted molar refractivity (Wildman–Crippen MR) is 85.9 cm³/mol. The van der Waals surface area contributed by atoms with Crippen LogP contribution >= 0.6 is 0 Å². The largest absolute Gasteiger partial charge is 0.482 e. The van der Waals surface area contributed by atoms with E-state index in [1.165, 1.54) is 0 Å². The molecule has 6 heteroatoms. The number of ether oxygens (including phenoxy) is 1. The van der Waals surface area contributed by atoms with Crippen molar-refractivity contribution in [1.82, 2.24) is 4.90 Å². The van der Waals surface area contributed by atoms with Gasteiger partial charge in [0, 0.05) is 12.6 Å². The van der Waals surface area contributed by atoms with E-state index in [4.69, 9.17) is 10.5 Å². The molecule has 0 unspecified atom stereocenters. The van der Waals surface area contributed by atoms with Crippen LogP contribution in [0.15, 0.2) is 12.1 Å². The molecular weight excluding hydrogens is 268 g/mol. The molecule has 1 aliphatic rings. The molecule has 0 atom stereocenters. The molecule has 0 saturated heterocycles. The molecule has 0 saturated carbocycles. The van der Waals surface area contributed by atoms with Crippen LogP contribution in [0.5, 0.6) is 5.75 Å². The van der Waals surface area contributed by atoms with Crippen molar-refractivity contribution < 1.29 is 9.53 Å². The van der Waals surface area contributed by atoms with Gasteiger partial charge in [-0.1, -0.05) is 13.8 Å². The lowest BCUT2D eigenvalue weighted by atomic mass is 10.2. The summed E-state index contributed by atoms with van der Waals surface area (Å²) in [5.41, 5.74) is 8.15. The fourth-order valence-electron chi connectivity index (χ4n) is 2.36. The van der Waals surface area contributed by atoms with Gasteiger partial charge in [-0.3, -0.25) is 4.79 Å². The highest BCUT2D eigenvalue weighted by Gasteiger charge is 2.17. The smallest absolute Gasteiger partial charge is 0.262 e. The summed E-state index contributed by atoms with van der Waals surface area (Å²) < 4.78 is 5.33. The van der Waals surface area contributed by atoms with Gasteiger partial charge in [-0.25, -0.2) is 0 Å². The summed E-state index contributed by atoms with van der Waals surface area (Å²) in [6.07, 6.45) is 1.04. The number of fused-ring (bicyclic) bond motifs is 1.